The van der Waals surface area contributed by atoms with Crippen LogP contribution in [0.3, 0.4) is 0 Å². The van der Waals surface area contributed by atoms with Crippen molar-refractivity contribution in [1.29, 1.82) is 0 Å². The largest absolute Gasteiger partial charge is 0.462 e. The Kier molecular flexibility index (Phi) is 6.03. The Bertz CT molecular complexity index is 1120. The lowest BCUT2D eigenvalue weighted by Gasteiger charge is -2.18. The Hall–Kier alpha value is -2.73. The zero-order valence-corrected chi connectivity index (χ0v) is 18.3. The van der Waals surface area contributed by atoms with E-state index in [9.17, 15) is 9.59 Å². The Balaban J connectivity index is 2.00. The van der Waals surface area contributed by atoms with Gasteiger partial charge in [-0.25, -0.2) is 4.79 Å². The second-order valence-electron chi connectivity index (χ2n) is 7.78. The molecular formula is C23H26N2O3S. The molecule has 0 aliphatic rings. The molecule has 0 aliphatic carbocycles. The van der Waals surface area contributed by atoms with Gasteiger partial charge in [-0.2, -0.15) is 4.99 Å². The summed E-state index contributed by atoms with van der Waals surface area (Å²) in [6.45, 7) is 11.2. The van der Waals surface area contributed by atoms with Crippen molar-refractivity contribution in [2.24, 2.45) is 4.99 Å². The number of carbonyl (C=O) groups is 2. The lowest BCUT2D eigenvalue weighted by molar-refractivity contribution is 0.0526. The van der Waals surface area contributed by atoms with E-state index >= 15 is 0 Å². The van der Waals surface area contributed by atoms with E-state index in [0.717, 1.165) is 10.2 Å². The van der Waals surface area contributed by atoms with Gasteiger partial charge in [-0.15, -0.1) is 0 Å². The first-order chi connectivity index (χ1) is 13.7. The van der Waals surface area contributed by atoms with Gasteiger partial charge in [-0.3, -0.25) is 4.79 Å². The van der Waals surface area contributed by atoms with Crippen molar-refractivity contribution in [1.82, 2.24) is 4.57 Å². The number of ether oxygens (including phenoxy) is 1. The standard InChI is InChI=1S/C23H26N2O3S/c1-6-25-18-13-10-16(21(27)28-7-2)14-19(18)29-22(25)24-20(26)15-8-11-17(12-9-15)23(3,4)5/h8-14H,6-7H2,1-5H3. The number of fused-ring (bicyclic) bond motifs is 1. The van der Waals surface area contributed by atoms with E-state index < -0.39 is 0 Å². The highest BCUT2D eigenvalue weighted by molar-refractivity contribution is 7.16. The molecule has 3 aromatic rings. The fourth-order valence-corrected chi connectivity index (χ4v) is 4.20. The molecule has 6 heteroatoms. The summed E-state index contributed by atoms with van der Waals surface area (Å²) in [5.74, 6) is -0.621. The number of hydrogen-bond donors (Lipinski definition) is 0. The summed E-state index contributed by atoms with van der Waals surface area (Å²) in [4.78, 5) is 29.7. The predicted octanol–water partition coefficient (Wildman–Crippen LogP) is 4.94. The van der Waals surface area contributed by atoms with E-state index in [4.69, 9.17) is 4.74 Å². The summed E-state index contributed by atoms with van der Waals surface area (Å²) in [6.07, 6.45) is 0. The minimum absolute atomic E-state index is 0.0338. The summed E-state index contributed by atoms with van der Waals surface area (Å²) in [5.41, 5.74) is 3.21. The van der Waals surface area contributed by atoms with Crippen LogP contribution in [0, 0.1) is 0 Å². The maximum absolute atomic E-state index is 12.7. The molecule has 0 bridgehead atoms. The summed E-state index contributed by atoms with van der Waals surface area (Å²) < 4.78 is 7.96. The van der Waals surface area contributed by atoms with Gasteiger partial charge in [0, 0.05) is 12.1 Å². The highest BCUT2D eigenvalue weighted by atomic mass is 32.1. The molecule has 3 rings (SSSR count). The van der Waals surface area contributed by atoms with Crippen molar-refractivity contribution in [2.45, 2.75) is 46.6 Å². The highest BCUT2D eigenvalue weighted by Crippen LogP contribution is 2.23. The van der Waals surface area contributed by atoms with Gasteiger partial charge >= 0.3 is 5.97 Å². The molecule has 0 atom stereocenters. The van der Waals surface area contributed by atoms with E-state index in [1.54, 1.807) is 19.1 Å². The lowest BCUT2D eigenvalue weighted by atomic mass is 9.87. The molecule has 0 fully saturated rings. The van der Waals surface area contributed by atoms with E-state index in [1.807, 2.05) is 41.8 Å². The summed E-state index contributed by atoms with van der Waals surface area (Å²) in [6, 6.07) is 13.0. The fraction of sp³-hybridized carbons (Fsp3) is 0.348. The van der Waals surface area contributed by atoms with Crippen molar-refractivity contribution >= 4 is 33.4 Å². The summed E-state index contributed by atoms with van der Waals surface area (Å²) in [7, 11) is 0. The number of nitrogens with zero attached hydrogens (tertiary/aromatic N) is 2. The van der Waals surface area contributed by atoms with Gasteiger partial charge in [0.1, 0.15) is 0 Å². The predicted molar refractivity (Wildman–Crippen MR) is 116 cm³/mol. The first kappa shape index (κ1) is 21.0. The average molecular weight is 411 g/mol. The van der Waals surface area contributed by atoms with Crippen LogP contribution in [-0.2, 0) is 16.7 Å². The molecule has 0 unspecified atom stereocenters. The number of benzene rings is 2. The molecule has 0 radical (unpaired) electrons. The molecule has 0 aliphatic heterocycles. The molecule has 2 aromatic carbocycles. The van der Waals surface area contributed by atoms with Crippen LogP contribution in [0.25, 0.3) is 10.2 Å². The number of carbonyl (C=O) groups excluding carboxylic acids is 2. The zero-order chi connectivity index (χ0) is 21.2. The zero-order valence-electron chi connectivity index (χ0n) is 17.5. The van der Waals surface area contributed by atoms with Gasteiger partial charge in [0.15, 0.2) is 4.80 Å². The highest BCUT2D eigenvalue weighted by Gasteiger charge is 2.15. The summed E-state index contributed by atoms with van der Waals surface area (Å²) >= 11 is 1.40. The third-order valence-corrected chi connectivity index (χ3v) is 5.75. The molecule has 1 amide bonds. The number of thiazole rings is 1. The minimum Gasteiger partial charge on any atom is -0.462 e. The number of esters is 1. The number of hydrogen-bond acceptors (Lipinski definition) is 4. The van der Waals surface area contributed by atoms with Crippen LogP contribution < -0.4 is 4.80 Å². The average Bonchev–Trinajstić information content (AvgIpc) is 3.03. The van der Waals surface area contributed by atoms with Crippen LogP contribution >= 0.6 is 11.3 Å². The normalized spacial score (nSPS) is 12.4. The van der Waals surface area contributed by atoms with Crippen LogP contribution in [-0.4, -0.2) is 23.1 Å². The topological polar surface area (TPSA) is 60.7 Å². The van der Waals surface area contributed by atoms with Crippen LogP contribution in [0.1, 0.15) is 60.9 Å². The molecule has 0 saturated heterocycles. The Morgan fingerprint density at radius 3 is 2.28 bits per heavy atom. The van der Waals surface area contributed by atoms with E-state index in [1.165, 1.54) is 16.9 Å². The molecule has 1 heterocycles. The third-order valence-electron chi connectivity index (χ3n) is 4.71. The van der Waals surface area contributed by atoms with Gasteiger partial charge in [0.2, 0.25) is 0 Å². The smallest absolute Gasteiger partial charge is 0.338 e. The first-order valence-electron chi connectivity index (χ1n) is 9.74. The van der Waals surface area contributed by atoms with Gasteiger partial charge in [-0.05, 0) is 55.2 Å². The minimum atomic E-state index is -0.348. The number of amides is 1. The van der Waals surface area contributed by atoms with Crippen LogP contribution in [0.5, 0.6) is 0 Å². The van der Waals surface area contributed by atoms with Crippen molar-refractivity contribution < 1.29 is 14.3 Å². The molecule has 5 nitrogen and oxygen atoms in total. The Morgan fingerprint density at radius 2 is 1.69 bits per heavy atom. The maximum Gasteiger partial charge on any atom is 0.338 e. The second kappa shape index (κ2) is 8.33. The third kappa shape index (κ3) is 4.48. The molecule has 0 saturated carbocycles. The van der Waals surface area contributed by atoms with Crippen LogP contribution in [0.2, 0.25) is 0 Å². The van der Waals surface area contributed by atoms with Gasteiger partial charge < -0.3 is 9.30 Å². The molecular weight excluding hydrogens is 384 g/mol. The fourth-order valence-electron chi connectivity index (χ4n) is 3.07. The van der Waals surface area contributed by atoms with E-state index in [0.29, 0.717) is 29.1 Å². The molecule has 1 aromatic heterocycles. The summed E-state index contributed by atoms with van der Waals surface area (Å²) in [5, 5.41) is 0. The quantitative estimate of drug-likeness (QED) is 0.573. The second-order valence-corrected chi connectivity index (χ2v) is 8.79. The van der Waals surface area contributed by atoms with Crippen molar-refractivity contribution in [3.8, 4) is 0 Å². The molecule has 0 N–H and O–H groups in total. The van der Waals surface area contributed by atoms with Crippen LogP contribution in [0.4, 0.5) is 0 Å². The van der Waals surface area contributed by atoms with Gasteiger partial charge in [-0.1, -0.05) is 44.2 Å². The van der Waals surface area contributed by atoms with Crippen molar-refractivity contribution in [3.05, 3.63) is 64.0 Å². The van der Waals surface area contributed by atoms with Crippen molar-refractivity contribution in [2.75, 3.05) is 6.61 Å². The van der Waals surface area contributed by atoms with Gasteiger partial charge in [0.05, 0.1) is 22.4 Å². The van der Waals surface area contributed by atoms with E-state index in [-0.39, 0.29) is 17.3 Å². The molecule has 29 heavy (non-hydrogen) atoms. The Morgan fingerprint density at radius 1 is 1.03 bits per heavy atom. The number of aromatic nitrogens is 1. The monoisotopic (exact) mass is 410 g/mol. The van der Waals surface area contributed by atoms with Crippen molar-refractivity contribution in [3.63, 3.8) is 0 Å². The Labute approximate surface area is 174 Å². The number of rotatable bonds is 4. The molecule has 0 spiro atoms. The first-order valence-corrected chi connectivity index (χ1v) is 10.6. The van der Waals surface area contributed by atoms with Crippen LogP contribution in [0.15, 0.2) is 47.5 Å². The number of aryl methyl sites for hydroxylation is 1. The maximum atomic E-state index is 12.7. The van der Waals surface area contributed by atoms with Gasteiger partial charge in [0.25, 0.3) is 5.91 Å². The lowest BCUT2D eigenvalue weighted by Crippen LogP contribution is -2.16. The SMILES string of the molecule is CCOC(=O)c1ccc2c(c1)sc(=NC(=O)c1ccc(C(C)(C)C)cc1)n2CC. The van der Waals surface area contributed by atoms with E-state index in [2.05, 4.69) is 25.8 Å². The molecule has 152 valence electrons.